The van der Waals surface area contributed by atoms with Gasteiger partial charge in [0.25, 0.3) is 6.43 Å². The minimum atomic E-state index is -2.70. The zero-order chi connectivity index (χ0) is 28.7. The Balaban J connectivity index is 1.65. The SMILES string of the molecule is Cc1cncc(-n2c(=O)nc(Nc3cc4cn(CC(F)F)nc4cc3F)n(Cc3cc(F)c(F)c(F)c3)c2=O)c1. The molecular weight excluding hydrogens is 544 g/mol. The van der Waals surface area contributed by atoms with Gasteiger partial charge in [-0.2, -0.15) is 10.1 Å². The number of nitrogens with zero attached hydrogens (tertiary/aromatic N) is 6. The summed E-state index contributed by atoms with van der Waals surface area (Å²) in [6.07, 6.45) is 1.24. The van der Waals surface area contributed by atoms with Crippen molar-refractivity contribution in [2.45, 2.75) is 26.4 Å². The van der Waals surface area contributed by atoms with E-state index in [9.17, 15) is 35.9 Å². The lowest BCUT2D eigenvalue weighted by atomic mass is 10.2. The van der Waals surface area contributed by atoms with Crippen molar-refractivity contribution in [2.24, 2.45) is 0 Å². The first kappa shape index (κ1) is 26.6. The lowest BCUT2D eigenvalue weighted by molar-refractivity contribution is 0.122. The highest BCUT2D eigenvalue weighted by molar-refractivity contribution is 5.83. The number of hydrogen-bond acceptors (Lipinski definition) is 6. The topological polar surface area (TPSA) is 99.6 Å². The number of aromatic nitrogens is 6. The van der Waals surface area contributed by atoms with E-state index in [0.717, 1.165) is 15.3 Å². The molecule has 0 spiro atoms. The lowest BCUT2D eigenvalue weighted by Crippen LogP contribution is -2.41. The maximum absolute atomic E-state index is 15.0. The van der Waals surface area contributed by atoms with E-state index in [1.807, 2.05) is 0 Å². The molecule has 15 heteroatoms. The lowest BCUT2D eigenvalue weighted by Gasteiger charge is -2.16. The average Bonchev–Trinajstić information content (AvgIpc) is 3.25. The summed E-state index contributed by atoms with van der Waals surface area (Å²) in [6.45, 7) is 0.324. The number of benzene rings is 2. The van der Waals surface area contributed by atoms with Crippen LogP contribution in [0.4, 0.5) is 38.0 Å². The number of hydrogen-bond donors (Lipinski definition) is 1. The van der Waals surface area contributed by atoms with Crippen molar-refractivity contribution >= 4 is 22.5 Å². The summed E-state index contributed by atoms with van der Waals surface area (Å²) < 4.78 is 84.2. The van der Waals surface area contributed by atoms with Gasteiger partial charge >= 0.3 is 11.4 Å². The molecule has 0 saturated carbocycles. The second-order valence-electron chi connectivity index (χ2n) is 8.77. The molecule has 0 amide bonds. The van der Waals surface area contributed by atoms with Gasteiger partial charge in [-0.25, -0.2) is 40.5 Å². The van der Waals surface area contributed by atoms with Gasteiger partial charge in [-0.15, -0.1) is 0 Å². The molecule has 9 nitrogen and oxygen atoms in total. The molecule has 206 valence electrons. The molecule has 0 fully saturated rings. The van der Waals surface area contributed by atoms with E-state index in [1.54, 1.807) is 6.92 Å². The van der Waals surface area contributed by atoms with E-state index < -0.39 is 60.1 Å². The largest absolute Gasteiger partial charge is 0.359 e. The van der Waals surface area contributed by atoms with Crippen LogP contribution in [-0.2, 0) is 13.1 Å². The number of fused-ring (bicyclic) bond motifs is 1. The maximum Gasteiger partial charge on any atom is 0.359 e. The van der Waals surface area contributed by atoms with Gasteiger partial charge in [-0.3, -0.25) is 14.2 Å². The van der Waals surface area contributed by atoms with Crippen molar-refractivity contribution < 1.29 is 26.3 Å². The number of anilines is 2. The fourth-order valence-electron chi connectivity index (χ4n) is 4.04. The Hall–Kier alpha value is -4.95. The highest BCUT2D eigenvalue weighted by atomic mass is 19.3. The fraction of sp³-hybridized carbons (Fsp3) is 0.160. The highest BCUT2D eigenvalue weighted by Gasteiger charge is 2.19. The van der Waals surface area contributed by atoms with Crippen LogP contribution in [0.2, 0.25) is 0 Å². The predicted molar refractivity (Wildman–Crippen MR) is 131 cm³/mol. The van der Waals surface area contributed by atoms with Gasteiger partial charge in [0.1, 0.15) is 12.4 Å². The van der Waals surface area contributed by atoms with Gasteiger partial charge in [0, 0.05) is 23.8 Å². The van der Waals surface area contributed by atoms with E-state index in [-0.39, 0.29) is 27.8 Å². The van der Waals surface area contributed by atoms with Crippen molar-refractivity contribution in [3.8, 4) is 5.69 Å². The van der Waals surface area contributed by atoms with Gasteiger partial charge in [-0.05, 0) is 42.3 Å². The molecule has 0 aliphatic heterocycles. The Labute approximate surface area is 220 Å². The molecule has 0 aliphatic carbocycles. The molecule has 1 N–H and O–H groups in total. The molecule has 0 saturated heterocycles. The number of rotatable bonds is 7. The first-order chi connectivity index (χ1) is 19.0. The molecule has 0 radical (unpaired) electrons. The van der Waals surface area contributed by atoms with E-state index in [0.29, 0.717) is 22.3 Å². The maximum atomic E-state index is 15.0. The summed E-state index contributed by atoms with van der Waals surface area (Å²) in [4.78, 5) is 34.3. The Morgan fingerprint density at radius 3 is 2.35 bits per heavy atom. The van der Waals surface area contributed by atoms with Crippen LogP contribution < -0.4 is 16.7 Å². The number of aryl methyl sites for hydroxylation is 1. The summed E-state index contributed by atoms with van der Waals surface area (Å²) in [5.41, 5.74) is -1.93. The van der Waals surface area contributed by atoms with E-state index in [2.05, 4.69) is 20.4 Å². The van der Waals surface area contributed by atoms with Crippen molar-refractivity contribution in [1.82, 2.24) is 28.9 Å². The average molecular weight is 561 g/mol. The molecule has 0 bridgehead atoms. The zero-order valence-electron chi connectivity index (χ0n) is 20.4. The molecule has 40 heavy (non-hydrogen) atoms. The number of halogens is 6. The third-order valence-corrected chi connectivity index (χ3v) is 5.79. The minimum Gasteiger partial charge on any atom is -0.323 e. The van der Waals surface area contributed by atoms with Gasteiger partial charge in [0.2, 0.25) is 5.95 Å². The minimum absolute atomic E-state index is 0.0401. The van der Waals surface area contributed by atoms with Crippen LogP contribution in [0.3, 0.4) is 0 Å². The third kappa shape index (κ3) is 5.17. The fourth-order valence-corrected chi connectivity index (χ4v) is 4.04. The molecule has 5 rings (SSSR count). The summed E-state index contributed by atoms with van der Waals surface area (Å²) in [6, 6.07) is 4.93. The molecule has 3 aromatic heterocycles. The van der Waals surface area contributed by atoms with Crippen LogP contribution in [0.25, 0.3) is 16.6 Å². The summed E-state index contributed by atoms with van der Waals surface area (Å²) in [5.74, 6) is -6.19. The van der Waals surface area contributed by atoms with E-state index >= 15 is 0 Å². The van der Waals surface area contributed by atoms with Crippen molar-refractivity contribution in [1.29, 1.82) is 0 Å². The smallest absolute Gasteiger partial charge is 0.323 e. The summed E-state index contributed by atoms with van der Waals surface area (Å²) >= 11 is 0. The van der Waals surface area contributed by atoms with Crippen molar-refractivity contribution in [3.05, 3.63) is 104 Å². The van der Waals surface area contributed by atoms with Crippen molar-refractivity contribution in [3.63, 3.8) is 0 Å². The monoisotopic (exact) mass is 561 g/mol. The second-order valence-corrected chi connectivity index (χ2v) is 8.77. The standard InChI is InChI=1S/C25H17F6N7O2/c1-12-2-15(8-32-7-12)38-24(39)34-23(37(25(38)40)9-13-3-17(27)22(31)18(28)4-13)33-20-5-14-10-36(11-21(29)30)35-19(14)6-16(20)26/h2-8,10,21H,9,11H2,1H3,(H,33,34,39). The van der Waals surface area contributed by atoms with Crippen molar-refractivity contribution in [2.75, 3.05) is 5.32 Å². The summed E-state index contributed by atoms with van der Waals surface area (Å²) in [7, 11) is 0. The van der Waals surface area contributed by atoms with Crippen LogP contribution >= 0.6 is 0 Å². The summed E-state index contributed by atoms with van der Waals surface area (Å²) in [5, 5.41) is 6.64. The van der Waals surface area contributed by atoms with Crippen LogP contribution in [0, 0.1) is 30.2 Å². The number of alkyl halides is 2. The van der Waals surface area contributed by atoms with Gasteiger partial charge in [-0.1, -0.05) is 0 Å². The van der Waals surface area contributed by atoms with Crippen LogP contribution in [0.5, 0.6) is 0 Å². The van der Waals surface area contributed by atoms with E-state index in [4.69, 9.17) is 0 Å². The molecular formula is C25H17F6N7O2. The Morgan fingerprint density at radius 2 is 1.68 bits per heavy atom. The number of nitrogens with one attached hydrogen (secondary N) is 1. The van der Waals surface area contributed by atoms with Crippen LogP contribution in [0.1, 0.15) is 11.1 Å². The van der Waals surface area contributed by atoms with Gasteiger partial charge in [0.05, 0.1) is 29.6 Å². The normalized spacial score (nSPS) is 11.5. The van der Waals surface area contributed by atoms with Crippen LogP contribution in [-0.4, -0.2) is 35.3 Å². The first-order valence-corrected chi connectivity index (χ1v) is 11.5. The van der Waals surface area contributed by atoms with E-state index in [1.165, 1.54) is 30.7 Å². The molecule has 0 atom stereocenters. The van der Waals surface area contributed by atoms with Gasteiger partial charge in [0.15, 0.2) is 17.5 Å². The molecule has 0 unspecified atom stereocenters. The second kappa shape index (κ2) is 10.3. The molecule has 2 aromatic carbocycles. The number of pyridine rings is 1. The molecule has 0 aliphatic rings. The quantitative estimate of drug-likeness (QED) is 0.238. The Morgan fingerprint density at radius 1 is 0.950 bits per heavy atom. The zero-order valence-corrected chi connectivity index (χ0v) is 20.4. The van der Waals surface area contributed by atoms with Gasteiger partial charge < -0.3 is 5.32 Å². The Bertz CT molecular complexity index is 1860. The highest BCUT2D eigenvalue weighted by Crippen LogP contribution is 2.25. The molecule has 3 heterocycles. The predicted octanol–water partition coefficient (Wildman–Crippen LogP) is 4.06. The molecule has 5 aromatic rings. The van der Waals surface area contributed by atoms with Crippen LogP contribution in [0.15, 0.2) is 58.5 Å². The third-order valence-electron chi connectivity index (χ3n) is 5.79. The first-order valence-electron chi connectivity index (χ1n) is 11.5. The Kier molecular flexibility index (Phi) is 6.87.